The van der Waals surface area contributed by atoms with Crippen molar-refractivity contribution in [2.75, 3.05) is 26.1 Å². The van der Waals surface area contributed by atoms with Crippen LogP contribution in [0.5, 0.6) is 11.5 Å². The van der Waals surface area contributed by atoms with E-state index in [0.29, 0.717) is 17.1 Å². The van der Waals surface area contributed by atoms with Gasteiger partial charge in [0, 0.05) is 17.3 Å². The Morgan fingerprint density at radius 1 is 1.04 bits per heavy atom. The molecule has 0 radical (unpaired) electrons. The largest absolute Gasteiger partial charge is 0.497 e. The minimum atomic E-state index is -0.617. The van der Waals surface area contributed by atoms with Crippen molar-refractivity contribution in [1.82, 2.24) is 0 Å². The molecule has 1 amide bonds. The molecule has 0 heterocycles. The van der Waals surface area contributed by atoms with Crippen LogP contribution in [0.1, 0.15) is 23.1 Å². The van der Waals surface area contributed by atoms with E-state index in [2.05, 4.69) is 5.32 Å². The lowest BCUT2D eigenvalue weighted by Gasteiger charge is -2.08. The maximum Gasteiger partial charge on any atom is 0.331 e. The third-order valence-electron chi connectivity index (χ3n) is 4.56. The molecule has 1 N–H and O–H groups in total. The van der Waals surface area contributed by atoms with Gasteiger partial charge < -0.3 is 19.5 Å². The zero-order valence-corrected chi connectivity index (χ0v) is 16.0. The van der Waals surface area contributed by atoms with Gasteiger partial charge >= 0.3 is 5.97 Å². The number of nitrogens with one attached hydrogen (secondary N) is 1. The van der Waals surface area contributed by atoms with Crippen LogP contribution < -0.4 is 14.8 Å². The average molecular weight is 381 g/mol. The maximum atomic E-state index is 12.0. The van der Waals surface area contributed by atoms with Gasteiger partial charge in [-0.3, -0.25) is 4.79 Å². The smallest absolute Gasteiger partial charge is 0.331 e. The molecule has 0 bridgehead atoms. The van der Waals surface area contributed by atoms with Crippen LogP contribution in [0, 0.1) is 0 Å². The second-order valence-corrected chi connectivity index (χ2v) is 6.43. The Hall–Kier alpha value is -3.28. The predicted molar refractivity (Wildman–Crippen MR) is 107 cm³/mol. The van der Waals surface area contributed by atoms with E-state index >= 15 is 0 Å². The van der Waals surface area contributed by atoms with E-state index in [-0.39, 0.29) is 12.5 Å². The highest BCUT2D eigenvalue weighted by atomic mass is 16.5. The number of benzene rings is 2. The first kappa shape index (κ1) is 19.5. The molecule has 0 saturated carbocycles. The predicted octanol–water partition coefficient (Wildman–Crippen LogP) is 3.39. The minimum absolute atomic E-state index is 0.352. The van der Waals surface area contributed by atoms with Crippen molar-refractivity contribution in [1.29, 1.82) is 0 Å². The van der Waals surface area contributed by atoms with Crippen LogP contribution in [-0.4, -0.2) is 32.7 Å². The summed E-state index contributed by atoms with van der Waals surface area (Å²) in [6, 6.07) is 11.1. The fourth-order valence-corrected chi connectivity index (χ4v) is 3.16. The van der Waals surface area contributed by atoms with Crippen molar-refractivity contribution < 1.29 is 23.8 Å². The van der Waals surface area contributed by atoms with Gasteiger partial charge in [-0.2, -0.15) is 0 Å². The number of hydrogen-bond acceptors (Lipinski definition) is 5. The number of ether oxygens (including phenoxy) is 3. The Morgan fingerprint density at radius 3 is 2.64 bits per heavy atom. The Morgan fingerprint density at radius 2 is 1.86 bits per heavy atom. The number of methoxy groups -OCH3 is 2. The molecule has 0 atom stereocenters. The molecule has 0 spiro atoms. The number of hydrogen-bond donors (Lipinski definition) is 1. The van der Waals surface area contributed by atoms with Gasteiger partial charge in [0.25, 0.3) is 5.91 Å². The average Bonchev–Trinajstić information content (AvgIpc) is 3.18. The second-order valence-electron chi connectivity index (χ2n) is 6.43. The standard InChI is InChI=1S/C22H23NO5/c1-26-19-9-10-20(27-2)17(13-19)7-11-22(25)28-14-21(24)23-18-8-6-15-4-3-5-16(15)12-18/h6-13H,3-5,14H2,1-2H3,(H,23,24). The van der Waals surface area contributed by atoms with Crippen LogP contribution in [0.4, 0.5) is 5.69 Å². The fourth-order valence-electron chi connectivity index (χ4n) is 3.16. The van der Waals surface area contributed by atoms with Crippen molar-refractivity contribution in [3.63, 3.8) is 0 Å². The van der Waals surface area contributed by atoms with E-state index in [1.165, 1.54) is 17.2 Å². The van der Waals surface area contributed by atoms with Crippen LogP contribution in [0.3, 0.4) is 0 Å². The van der Waals surface area contributed by atoms with Crippen molar-refractivity contribution in [2.24, 2.45) is 0 Å². The monoisotopic (exact) mass is 381 g/mol. The van der Waals surface area contributed by atoms with Gasteiger partial charge in [0.2, 0.25) is 0 Å². The summed E-state index contributed by atoms with van der Waals surface area (Å²) in [4.78, 5) is 23.9. The molecule has 1 aliphatic rings. The molecule has 0 aliphatic heterocycles. The number of fused-ring (bicyclic) bond motifs is 1. The van der Waals surface area contributed by atoms with Crippen LogP contribution in [0.25, 0.3) is 6.08 Å². The van der Waals surface area contributed by atoms with Gasteiger partial charge in [-0.1, -0.05) is 6.07 Å². The number of esters is 1. The molecule has 0 aromatic heterocycles. The molecule has 146 valence electrons. The molecule has 6 heteroatoms. The molecule has 0 fully saturated rings. The van der Waals surface area contributed by atoms with Gasteiger partial charge in [-0.25, -0.2) is 4.79 Å². The highest BCUT2D eigenvalue weighted by molar-refractivity contribution is 5.94. The number of carbonyl (C=O) groups is 2. The zero-order valence-electron chi connectivity index (χ0n) is 16.0. The van der Waals surface area contributed by atoms with Crippen molar-refractivity contribution in [3.05, 3.63) is 59.2 Å². The van der Waals surface area contributed by atoms with Crippen molar-refractivity contribution in [2.45, 2.75) is 19.3 Å². The molecule has 2 aromatic carbocycles. The molecule has 28 heavy (non-hydrogen) atoms. The quantitative estimate of drug-likeness (QED) is 0.588. The molecule has 1 aliphatic carbocycles. The van der Waals surface area contributed by atoms with Gasteiger partial charge in [-0.15, -0.1) is 0 Å². The van der Waals surface area contributed by atoms with Gasteiger partial charge in [0.05, 0.1) is 14.2 Å². The molecular formula is C22H23NO5. The zero-order chi connectivity index (χ0) is 19.9. The lowest BCUT2D eigenvalue weighted by Crippen LogP contribution is -2.20. The summed E-state index contributed by atoms with van der Waals surface area (Å²) >= 11 is 0. The highest BCUT2D eigenvalue weighted by Gasteiger charge is 2.12. The third kappa shape index (κ3) is 4.91. The molecule has 2 aromatic rings. The number of carbonyl (C=O) groups excluding carboxylic acids is 2. The first-order valence-electron chi connectivity index (χ1n) is 9.07. The number of amides is 1. The summed E-state index contributed by atoms with van der Waals surface area (Å²) < 4.78 is 15.4. The Bertz CT molecular complexity index is 904. The van der Waals surface area contributed by atoms with Gasteiger partial charge in [-0.05, 0) is 66.8 Å². The number of rotatable bonds is 7. The maximum absolute atomic E-state index is 12.0. The van der Waals surface area contributed by atoms with Crippen LogP contribution >= 0.6 is 0 Å². The van der Waals surface area contributed by atoms with E-state index in [9.17, 15) is 9.59 Å². The molecule has 0 unspecified atom stereocenters. The summed E-state index contributed by atoms with van der Waals surface area (Å²) in [5, 5.41) is 2.76. The van der Waals surface area contributed by atoms with Gasteiger partial charge in [0.15, 0.2) is 6.61 Å². The van der Waals surface area contributed by atoms with E-state index in [1.807, 2.05) is 18.2 Å². The van der Waals surface area contributed by atoms with E-state index < -0.39 is 5.97 Å². The molecule has 0 saturated heterocycles. The minimum Gasteiger partial charge on any atom is -0.497 e. The lowest BCUT2D eigenvalue weighted by atomic mass is 10.1. The highest BCUT2D eigenvalue weighted by Crippen LogP contribution is 2.26. The topological polar surface area (TPSA) is 73.9 Å². The first-order valence-corrected chi connectivity index (χ1v) is 9.07. The summed E-state index contributed by atoms with van der Waals surface area (Å²) in [6.45, 7) is -0.352. The Balaban J connectivity index is 1.52. The summed E-state index contributed by atoms with van der Waals surface area (Å²) in [6.07, 6.45) is 6.08. The first-order chi connectivity index (χ1) is 13.6. The molecular weight excluding hydrogens is 358 g/mol. The molecule has 3 rings (SSSR count). The fraction of sp³-hybridized carbons (Fsp3) is 0.273. The number of anilines is 1. The second kappa shape index (κ2) is 9.08. The van der Waals surface area contributed by atoms with Crippen LogP contribution in [-0.2, 0) is 27.2 Å². The van der Waals surface area contributed by atoms with Gasteiger partial charge in [0.1, 0.15) is 11.5 Å². The lowest BCUT2D eigenvalue weighted by molar-refractivity contribution is -0.142. The number of aryl methyl sites for hydroxylation is 2. The SMILES string of the molecule is COc1ccc(OC)c(C=CC(=O)OCC(=O)Nc2ccc3c(c2)CCC3)c1. The van der Waals surface area contributed by atoms with Crippen molar-refractivity contribution >= 4 is 23.6 Å². The van der Waals surface area contributed by atoms with E-state index in [4.69, 9.17) is 14.2 Å². The van der Waals surface area contributed by atoms with Crippen LogP contribution in [0.2, 0.25) is 0 Å². The van der Waals surface area contributed by atoms with E-state index in [0.717, 1.165) is 24.9 Å². The van der Waals surface area contributed by atoms with Crippen molar-refractivity contribution in [3.8, 4) is 11.5 Å². The normalized spacial score (nSPS) is 12.5. The van der Waals surface area contributed by atoms with E-state index in [1.54, 1.807) is 38.5 Å². The van der Waals surface area contributed by atoms with Crippen LogP contribution in [0.15, 0.2) is 42.5 Å². The molecule has 6 nitrogen and oxygen atoms in total. The summed E-state index contributed by atoms with van der Waals surface area (Å²) in [7, 11) is 3.10. The summed E-state index contributed by atoms with van der Waals surface area (Å²) in [5.41, 5.74) is 3.99. The summed E-state index contributed by atoms with van der Waals surface area (Å²) in [5.74, 6) is 0.245. The third-order valence-corrected chi connectivity index (χ3v) is 4.56. The Labute approximate surface area is 164 Å². The Kier molecular flexibility index (Phi) is 6.32.